The molecule has 2 N–H and O–H groups in total. The highest BCUT2D eigenvalue weighted by Crippen LogP contribution is 2.17. The molecular formula is C16H20ClN3O. The zero-order valence-corrected chi connectivity index (χ0v) is 13.3. The monoisotopic (exact) mass is 305 g/mol. The van der Waals surface area contributed by atoms with Crippen LogP contribution in [0.5, 0.6) is 0 Å². The summed E-state index contributed by atoms with van der Waals surface area (Å²) in [6.45, 7) is 6.78. The van der Waals surface area contributed by atoms with Crippen molar-refractivity contribution in [3.05, 3.63) is 62.8 Å². The van der Waals surface area contributed by atoms with Crippen molar-refractivity contribution in [2.75, 3.05) is 0 Å². The standard InChI is InChI=1S/C16H20ClN3O/c1-16(2,3)18-10-12-9-15(21)20-14(19-12)8-11-6-4-5-7-13(11)17/h4-7,9,18H,8,10H2,1-3H3,(H,19,20,21). The Kier molecular flexibility index (Phi) is 4.80. The molecule has 2 rings (SSSR count). The van der Waals surface area contributed by atoms with Crippen molar-refractivity contribution in [3.8, 4) is 0 Å². The maximum absolute atomic E-state index is 11.8. The summed E-state index contributed by atoms with van der Waals surface area (Å²) in [5.74, 6) is 0.626. The van der Waals surface area contributed by atoms with Crippen LogP contribution in [0.4, 0.5) is 0 Å². The highest BCUT2D eigenvalue weighted by molar-refractivity contribution is 6.31. The largest absolute Gasteiger partial charge is 0.310 e. The maximum atomic E-state index is 11.8. The van der Waals surface area contributed by atoms with Gasteiger partial charge in [-0.1, -0.05) is 29.8 Å². The lowest BCUT2D eigenvalue weighted by Gasteiger charge is -2.20. The van der Waals surface area contributed by atoms with Gasteiger partial charge in [0, 0.05) is 29.6 Å². The average Bonchev–Trinajstić information content (AvgIpc) is 2.38. The molecule has 1 aromatic carbocycles. The Bertz CT molecular complexity index is 674. The smallest absolute Gasteiger partial charge is 0.251 e. The second kappa shape index (κ2) is 6.41. The van der Waals surface area contributed by atoms with Crippen LogP contribution in [0.3, 0.4) is 0 Å². The molecule has 0 radical (unpaired) electrons. The number of benzene rings is 1. The maximum Gasteiger partial charge on any atom is 0.251 e. The van der Waals surface area contributed by atoms with Crippen molar-refractivity contribution in [1.82, 2.24) is 15.3 Å². The predicted molar refractivity (Wildman–Crippen MR) is 85.7 cm³/mol. The molecule has 0 bridgehead atoms. The first kappa shape index (κ1) is 15.7. The fourth-order valence-corrected chi connectivity index (χ4v) is 2.12. The van der Waals surface area contributed by atoms with E-state index in [-0.39, 0.29) is 11.1 Å². The van der Waals surface area contributed by atoms with Crippen molar-refractivity contribution >= 4 is 11.6 Å². The van der Waals surface area contributed by atoms with Crippen LogP contribution < -0.4 is 10.9 Å². The third kappa shape index (κ3) is 4.99. The van der Waals surface area contributed by atoms with Gasteiger partial charge in [0.15, 0.2) is 0 Å². The summed E-state index contributed by atoms with van der Waals surface area (Å²) in [6, 6.07) is 9.09. The van der Waals surface area contributed by atoms with Crippen LogP contribution >= 0.6 is 11.6 Å². The summed E-state index contributed by atoms with van der Waals surface area (Å²) in [4.78, 5) is 19.0. The lowest BCUT2D eigenvalue weighted by Crippen LogP contribution is -2.35. The number of hydrogen-bond donors (Lipinski definition) is 2. The van der Waals surface area contributed by atoms with Crippen molar-refractivity contribution in [2.45, 2.75) is 39.3 Å². The molecule has 0 saturated heterocycles. The number of aromatic amines is 1. The number of nitrogens with one attached hydrogen (secondary N) is 2. The van der Waals surface area contributed by atoms with Crippen molar-refractivity contribution in [2.24, 2.45) is 0 Å². The van der Waals surface area contributed by atoms with Crippen LogP contribution in [0.1, 0.15) is 37.9 Å². The normalized spacial score (nSPS) is 11.6. The molecule has 112 valence electrons. The zero-order chi connectivity index (χ0) is 15.5. The van der Waals surface area contributed by atoms with Gasteiger partial charge in [-0.25, -0.2) is 4.98 Å². The third-order valence-corrected chi connectivity index (χ3v) is 3.33. The van der Waals surface area contributed by atoms with Crippen molar-refractivity contribution < 1.29 is 0 Å². The van der Waals surface area contributed by atoms with Gasteiger partial charge in [0.1, 0.15) is 5.82 Å². The minimum atomic E-state index is -0.141. The Balaban J connectivity index is 2.19. The van der Waals surface area contributed by atoms with E-state index in [0.29, 0.717) is 23.8 Å². The Morgan fingerprint density at radius 3 is 2.67 bits per heavy atom. The molecule has 0 fully saturated rings. The van der Waals surface area contributed by atoms with Gasteiger partial charge in [-0.3, -0.25) is 4.79 Å². The van der Waals surface area contributed by atoms with Crippen LogP contribution in [0.15, 0.2) is 35.1 Å². The van der Waals surface area contributed by atoms with E-state index in [1.807, 2.05) is 24.3 Å². The predicted octanol–water partition coefficient (Wildman–Crippen LogP) is 2.90. The van der Waals surface area contributed by atoms with Crippen molar-refractivity contribution in [1.29, 1.82) is 0 Å². The Morgan fingerprint density at radius 1 is 1.29 bits per heavy atom. The summed E-state index contributed by atoms with van der Waals surface area (Å²) >= 11 is 6.14. The van der Waals surface area contributed by atoms with Gasteiger partial charge in [-0.05, 0) is 32.4 Å². The molecule has 0 amide bonds. The van der Waals surface area contributed by atoms with E-state index in [4.69, 9.17) is 11.6 Å². The fraction of sp³-hybridized carbons (Fsp3) is 0.375. The van der Waals surface area contributed by atoms with Crippen LogP contribution in [0, 0.1) is 0 Å². The molecule has 0 aliphatic carbocycles. The Labute approximate surface area is 129 Å². The second-order valence-corrected chi connectivity index (χ2v) is 6.46. The summed E-state index contributed by atoms with van der Waals surface area (Å²) in [6.07, 6.45) is 0.512. The summed E-state index contributed by atoms with van der Waals surface area (Å²) < 4.78 is 0. The molecule has 0 aliphatic rings. The van der Waals surface area contributed by atoms with Crippen LogP contribution in [0.2, 0.25) is 5.02 Å². The van der Waals surface area contributed by atoms with Gasteiger partial charge in [-0.15, -0.1) is 0 Å². The van der Waals surface area contributed by atoms with Gasteiger partial charge in [0.25, 0.3) is 5.56 Å². The third-order valence-electron chi connectivity index (χ3n) is 2.96. The van der Waals surface area contributed by atoms with E-state index in [1.54, 1.807) is 0 Å². The average molecular weight is 306 g/mol. The molecule has 1 heterocycles. The van der Waals surface area contributed by atoms with Crippen LogP contribution in [-0.2, 0) is 13.0 Å². The first-order valence-electron chi connectivity index (χ1n) is 6.91. The molecule has 0 saturated carbocycles. The summed E-state index contributed by atoms with van der Waals surface area (Å²) in [5, 5.41) is 4.01. The minimum Gasteiger partial charge on any atom is -0.310 e. The van der Waals surface area contributed by atoms with E-state index in [2.05, 4.69) is 36.1 Å². The topological polar surface area (TPSA) is 57.8 Å². The highest BCUT2D eigenvalue weighted by atomic mass is 35.5. The SMILES string of the molecule is CC(C)(C)NCc1cc(=O)[nH]c(Cc2ccccc2Cl)n1. The van der Waals surface area contributed by atoms with E-state index in [1.165, 1.54) is 6.07 Å². The van der Waals surface area contributed by atoms with Crippen LogP contribution in [0.25, 0.3) is 0 Å². The number of H-pyrrole nitrogens is 1. The van der Waals surface area contributed by atoms with E-state index < -0.39 is 0 Å². The molecule has 0 atom stereocenters. The van der Waals surface area contributed by atoms with E-state index >= 15 is 0 Å². The van der Waals surface area contributed by atoms with Gasteiger partial charge >= 0.3 is 0 Å². The second-order valence-electron chi connectivity index (χ2n) is 6.06. The molecule has 0 aliphatic heterocycles. The summed E-state index contributed by atoms with van der Waals surface area (Å²) in [5.41, 5.74) is 1.52. The molecule has 0 spiro atoms. The molecule has 21 heavy (non-hydrogen) atoms. The van der Waals surface area contributed by atoms with Gasteiger partial charge in [0.2, 0.25) is 0 Å². The Hall–Kier alpha value is -1.65. The number of hydrogen-bond acceptors (Lipinski definition) is 3. The molecule has 2 aromatic rings. The molecule has 5 heteroatoms. The lowest BCUT2D eigenvalue weighted by atomic mass is 10.1. The van der Waals surface area contributed by atoms with Crippen molar-refractivity contribution in [3.63, 3.8) is 0 Å². The number of nitrogens with zero attached hydrogens (tertiary/aromatic N) is 1. The highest BCUT2D eigenvalue weighted by Gasteiger charge is 2.10. The van der Waals surface area contributed by atoms with Crippen LogP contribution in [-0.4, -0.2) is 15.5 Å². The van der Waals surface area contributed by atoms with Gasteiger partial charge in [0.05, 0.1) is 5.69 Å². The minimum absolute atomic E-state index is 0.0206. The lowest BCUT2D eigenvalue weighted by molar-refractivity contribution is 0.420. The fourth-order valence-electron chi connectivity index (χ4n) is 1.92. The quantitative estimate of drug-likeness (QED) is 0.913. The number of aromatic nitrogens is 2. The Morgan fingerprint density at radius 2 is 2.00 bits per heavy atom. The zero-order valence-electron chi connectivity index (χ0n) is 12.5. The first-order valence-corrected chi connectivity index (χ1v) is 7.29. The van der Waals surface area contributed by atoms with E-state index in [0.717, 1.165) is 11.3 Å². The number of rotatable bonds is 4. The first-order chi connectivity index (χ1) is 9.83. The van der Waals surface area contributed by atoms with E-state index in [9.17, 15) is 4.79 Å². The van der Waals surface area contributed by atoms with Gasteiger partial charge < -0.3 is 10.3 Å². The molecule has 4 nitrogen and oxygen atoms in total. The molecule has 1 aromatic heterocycles. The summed E-state index contributed by atoms with van der Waals surface area (Å²) in [7, 11) is 0. The molecular weight excluding hydrogens is 286 g/mol. The molecule has 0 unspecified atom stereocenters. The van der Waals surface area contributed by atoms with Gasteiger partial charge in [-0.2, -0.15) is 0 Å². The number of halogens is 1.